The molecule has 0 aliphatic rings. The lowest BCUT2D eigenvalue weighted by Gasteiger charge is -2.15. The number of hydrogen-bond acceptors (Lipinski definition) is 2. The first-order valence-corrected chi connectivity index (χ1v) is 6.42. The molecule has 2 heteroatoms. The van der Waals surface area contributed by atoms with E-state index in [1.54, 1.807) is 0 Å². The van der Waals surface area contributed by atoms with Crippen LogP contribution >= 0.6 is 0 Å². The van der Waals surface area contributed by atoms with Crippen molar-refractivity contribution in [3.8, 4) is 11.8 Å². The highest BCUT2D eigenvalue weighted by Crippen LogP contribution is 2.11. The van der Waals surface area contributed by atoms with E-state index in [0.717, 1.165) is 17.5 Å². The average molecular weight is 246 g/mol. The molecule has 98 valence electrons. The van der Waals surface area contributed by atoms with Gasteiger partial charge in [-0.05, 0) is 37.0 Å². The SMILES string of the molecule is CC(C)CC(C)OCc1ccc(C#CCO)cc1. The summed E-state index contributed by atoms with van der Waals surface area (Å²) < 4.78 is 5.78. The Hall–Kier alpha value is -1.30. The second kappa shape index (κ2) is 7.92. The minimum Gasteiger partial charge on any atom is -0.384 e. The Morgan fingerprint density at radius 2 is 1.83 bits per heavy atom. The van der Waals surface area contributed by atoms with Gasteiger partial charge in [-0.2, -0.15) is 0 Å². The van der Waals surface area contributed by atoms with Crippen molar-refractivity contribution in [2.75, 3.05) is 6.61 Å². The molecule has 1 aromatic rings. The van der Waals surface area contributed by atoms with Gasteiger partial charge in [0.25, 0.3) is 0 Å². The van der Waals surface area contributed by atoms with Crippen molar-refractivity contribution < 1.29 is 9.84 Å². The molecule has 0 saturated carbocycles. The van der Waals surface area contributed by atoms with Gasteiger partial charge in [-0.3, -0.25) is 0 Å². The number of aliphatic hydroxyl groups excluding tert-OH is 1. The Bertz CT molecular complexity index is 395. The number of ether oxygens (including phenoxy) is 1. The van der Waals surface area contributed by atoms with Crippen LogP contribution in [0.15, 0.2) is 24.3 Å². The van der Waals surface area contributed by atoms with Crippen LogP contribution in [0.4, 0.5) is 0 Å². The highest BCUT2D eigenvalue weighted by atomic mass is 16.5. The molecule has 0 spiro atoms. The zero-order valence-corrected chi connectivity index (χ0v) is 11.4. The van der Waals surface area contributed by atoms with Gasteiger partial charge in [0.2, 0.25) is 0 Å². The summed E-state index contributed by atoms with van der Waals surface area (Å²) in [6.45, 7) is 7.06. The maximum absolute atomic E-state index is 8.61. The normalized spacial score (nSPS) is 12.1. The molecule has 1 rings (SSSR count). The number of benzene rings is 1. The first-order valence-electron chi connectivity index (χ1n) is 6.42. The molecule has 0 fully saturated rings. The highest BCUT2D eigenvalue weighted by molar-refractivity contribution is 5.35. The lowest BCUT2D eigenvalue weighted by Crippen LogP contribution is -2.11. The molecular formula is C16H22O2. The first-order chi connectivity index (χ1) is 8.61. The zero-order valence-electron chi connectivity index (χ0n) is 11.4. The molecule has 1 N–H and O–H groups in total. The fourth-order valence-corrected chi connectivity index (χ4v) is 1.80. The average Bonchev–Trinajstić information content (AvgIpc) is 2.34. The Morgan fingerprint density at radius 3 is 2.39 bits per heavy atom. The van der Waals surface area contributed by atoms with Crippen LogP contribution in [0.25, 0.3) is 0 Å². The van der Waals surface area contributed by atoms with E-state index in [0.29, 0.717) is 18.6 Å². The molecule has 2 nitrogen and oxygen atoms in total. The quantitative estimate of drug-likeness (QED) is 0.809. The Morgan fingerprint density at radius 1 is 1.17 bits per heavy atom. The molecule has 18 heavy (non-hydrogen) atoms. The molecule has 0 heterocycles. The second-order valence-electron chi connectivity index (χ2n) is 4.91. The maximum atomic E-state index is 8.61. The van der Waals surface area contributed by atoms with Gasteiger partial charge in [-0.1, -0.05) is 37.8 Å². The molecule has 0 saturated heterocycles. The van der Waals surface area contributed by atoms with Crippen LogP contribution in [0.5, 0.6) is 0 Å². The fraction of sp³-hybridized carbons (Fsp3) is 0.500. The molecule has 1 unspecified atom stereocenters. The van der Waals surface area contributed by atoms with Crippen LogP contribution in [-0.2, 0) is 11.3 Å². The van der Waals surface area contributed by atoms with Crippen molar-refractivity contribution in [1.29, 1.82) is 0 Å². The van der Waals surface area contributed by atoms with Gasteiger partial charge >= 0.3 is 0 Å². The zero-order chi connectivity index (χ0) is 13.4. The van der Waals surface area contributed by atoms with Crippen molar-refractivity contribution in [3.05, 3.63) is 35.4 Å². The van der Waals surface area contributed by atoms with Crippen LogP contribution in [-0.4, -0.2) is 17.8 Å². The van der Waals surface area contributed by atoms with Crippen molar-refractivity contribution in [1.82, 2.24) is 0 Å². The van der Waals surface area contributed by atoms with Gasteiger partial charge in [-0.15, -0.1) is 0 Å². The van der Waals surface area contributed by atoms with Gasteiger partial charge in [0.15, 0.2) is 0 Å². The van der Waals surface area contributed by atoms with Crippen LogP contribution in [0, 0.1) is 17.8 Å². The third kappa shape index (κ3) is 5.86. The molecule has 0 aromatic heterocycles. The molecule has 0 aliphatic heterocycles. The van der Waals surface area contributed by atoms with Gasteiger partial charge in [0.1, 0.15) is 6.61 Å². The van der Waals surface area contributed by atoms with Gasteiger partial charge in [0, 0.05) is 5.56 Å². The minimum absolute atomic E-state index is 0.0996. The van der Waals surface area contributed by atoms with Crippen LogP contribution in [0.2, 0.25) is 0 Å². The third-order valence-corrected chi connectivity index (χ3v) is 2.60. The largest absolute Gasteiger partial charge is 0.384 e. The summed E-state index contributed by atoms with van der Waals surface area (Å²) >= 11 is 0. The van der Waals surface area contributed by atoms with E-state index in [2.05, 4.69) is 32.6 Å². The van der Waals surface area contributed by atoms with Crippen LogP contribution < -0.4 is 0 Å². The summed E-state index contributed by atoms with van der Waals surface area (Å²) in [4.78, 5) is 0. The second-order valence-corrected chi connectivity index (χ2v) is 4.91. The van der Waals surface area contributed by atoms with E-state index in [4.69, 9.17) is 9.84 Å². The van der Waals surface area contributed by atoms with E-state index >= 15 is 0 Å². The summed E-state index contributed by atoms with van der Waals surface area (Å²) in [6, 6.07) is 7.94. The van der Waals surface area contributed by atoms with E-state index in [-0.39, 0.29) is 6.61 Å². The van der Waals surface area contributed by atoms with E-state index < -0.39 is 0 Å². The van der Waals surface area contributed by atoms with Crippen molar-refractivity contribution in [2.24, 2.45) is 5.92 Å². The number of rotatable bonds is 5. The topological polar surface area (TPSA) is 29.5 Å². The monoisotopic (exact) mass is 246 g/mol. The molecule has 0 radical (unpaired) electrons. The molecular weight excluding hydrogens is 224 g/mol. The van der Waals surface area contributed by atoms with E-state index in [1.165, 1.54) is 0 Å². The predicted molar refractivity (Wildman–Crippen MR) is 74.1 cm³/mol. The number of aliphatic hydroxyl groups is 1. The Labute approximate surface area is 110 Å². The van der Waals surface area contributed by atoms with Gasteiger partial charge in [-0.25, -0.2) is 0 Å². The Balaban J connectivity index is 2.44. The van der Waals surface area contributed by atoms with Crippen LogP contribution in [0.3, 0.4) is 0 Å². The Kier molecular flexibility index (Phi) is 6.49. The first kappa shape index (κ1) is 14.8. The predicted octanol–water partition coefficient (Wildman–Crippen LogP) is 2.98. The highest BCUT2D eigenvalue weighted by Gasteiger charge is 2.05. The standard InChI is InChI=1S/C16H22O2/c1-13(2)11-14(3)18-12-16-8-6-15(7-9-16)5-4-10-17/h6-9,13-14,17H,10-12H2,1-3H3. The minimum atomic E-state index is -0.0996. The van der Waals surface area contributed by atoms with Gasteiger partial charge < -0.3 is 9.84 Å². The third-order valence-electron chi connectivity index (χ3n) is 2.60. The van der Waals surface area contributed by atoms with Crippen LogP contribution in [0.1, 0.15) is 38.3 Å². The number of hydrogen-bond donors (Lipinski definition) is 1. The molecule has 0 aliphatic carbocycles. The summed E-state index contributed by atoms with van der Waals surface area (Å²) in [5, 5.41) is 8.61. The summed E-state index contributed by atoms with van der Waals surface area (Å²) in [5.41, 5.74) is 2.07. The van der Waals surface area contributed by atoms with Gasteiger partial charge in [0.05, 0.1) is 12.7 Å². The van der Waals surface area contributed by atoms with Crippen molar-refractivity contribution in [3.63, 3.8) is 0 Å². The lowest BCUT2D eigenvalue weighted by atomic mass is 10.1. The van der Waals surface area contributed by atoms with Crippen molar-refractivity contribution >= 4 is 0 Å². The maximum Gasteiger partial charge on any atom is 0.104 e. The molecule has 1 aromatic carbocycles. The smallest absolute Gasteiger partial charge is 0.104 e. The summed E-state index contributed by atoms with van der Waals surface area (Å²) in [6.07, 6.45) is 1.37. The summed E-state index contributed by atoms with van der Waals surface area (Å²) in [5.74, 6) is 6.16. The van der Waals surface area contributed by atoms with Crippen molar-refractivity contribution in [2.45, 2.75) is 39.9 Å². The fourth-order valence-electron chi connectivity index (χ4n) is 1.80. The van der Waals surface area contributed by atoms with E-state index in [9.17, 15) is 0 Å². The lowest BCUT2D eigenvalue weighted by molar-refractivity contribution is 0.0397. The van der Waals surface area contributed by atoms with E-state index in [1.807, 2.05) is 24.3 Å². The summed E-state index contributed by atoms with van der Waals surface area (Å²) in [7, 11) is 0. The molecule has 0 bridgehead atoms. The molecule has 1 atom stereocenters. The molecule has 0 amide bonds.